The monoisotopic (exact) mass is 288 g/mol. The first-order valence-electron chi connectivity index (χ1n) is 6.57. The third-order valence-electron chi connectivity index (χ3n) is 3.04. The van der Waals surface area contributed by atoms with Crippen LogP contribution < -0.4 is 15.2 Å². The molecule has 0 amide bonds. The van der Waals surface area contributed by atoms with Crippen molar-refractivity contribution in [3.63, 3.8) is 0 Å². The minimum absolute atomic E-state index is 0.509. The van der Waals surface area contributed by atoms with Crippen molar-refractivity contribution in [2.45, 2.75) is 22.8 Å². The minimum Gasteiger partial charge on any atom is -0.490 e. The van der Waals surface area contributed by atoms with Crippen molar-refractivity contribution in [2.24, 2.45) is 5.73 Å². The predicted molar refractivity (Wildman–Crippen MR) is 78.3 cm³/mol. The summed E-state index contributed by atoms with van der Waals surface area (Å²) in [5.41, 5.74) is 6.84. The Morgan fingerprint density at radius 2 is 2.00 bits per heavy atom. The van der Waals surface area contributed by atoms with E-state index in [9.17, 15) is 0 Å². The van der Waals surface area contributed by atoms with Crippen LogP contribution in [0, 0.1) is 0 Å². The van der Waals surface area contributed by atoms with Crippen LogP contribution in [-0.4, -0.2) is 18.2 Å². The normalized spacial score (nSPS) is 13.8. The number of hydrogen-bond donors (Lipinski definition) is 1. The van der Waals surface area contributed by atoms with Crippen LogP contribution in [-0.2, 0) is 6.54 Å². The van der Waals surface area contributed by atoms with E-state index in [2.05, 4.69) is 4.98 Å². The van der Waals surface area contributed by atoms with E-state index < -0.39 is 0 Å². The maximum absolute atomic E-state index is 5.75. The molecule has 2 aromatic rings. The van der Waals surface area contributed by atoms with Crippen molar-refractivity contribution in [3.8, 4) is 11.5 Å². The van der Waals surface area contributed by atoms with Gasteiger partial charge in [0.1, 0.15) is 0 Å². The first kappa shape index (κ1) is 13.3. The molecule has 1 aliphatic rings. The van der Waals surface area contributed by atoms with Crippen molar-refractivity contribution < 1.29 is 9.47 Å². The number of benzene rings is 1. The number of hydrogen-bond acceptors (Lipinski definition) is 5. The Kier molecular flexibility index (Phi) is 4.08. The Morgan fingerprint density at radius 1 is 1.15 bits per heavy atom. The number of pyridine rings is 1. The Labute approximate surface area is 122 Å². The second-order valence-electron chi connectivity index (χ2n) is 4.45. The summed E-state index contributed by atoms with van der Waals surface area (Å²) in [6.07, 6.45) is 4.52. The second-order valence-corrected chi connectivity index (χ2v) is 5.56. The van der Waals surface area contributed by atoms with Gasteiger partial charge in [-0.2, -0.15) is 0 Å². The maximum atomic E-state index is 5.75. The molecule has 2 heterocycles. The number of fused-ring (bicyclic) bond motifs is 1. The smallest absolute Gasteiger partial charge is 0.162 e. The average Bonchev–Trinajstić information content (AvgIpc) is 2.72. The van der Waals surface area contributed by atoms with Crippen LogP contribution >= 0.6 is 11.8 Å². The van der Waals surface area contributed by atoms with Gasteiger partial charge in [0.05, 0.1) is 13.2 Å². The molecule has 0 bridgehead atoms. The summed E-state index contributed by atoms with van der Waals surface area (Å²) in [4.78, 5) is 6.33. The molecule has 3 rings (SSSR count). The van der Waals surface area contributed by atoms with Crippen LogP contribution in [0.15, 0.2) is 46.5 Å². The number of rotatable bonds is 3. The molecule has 0 fully saturated rings. The van der Waals surface area contributed by atoms with Gasteiger partial charge in [-0.05, 0) is 29.8 Å². The number of ether oxygens (including phenoxy) is 2. The van der Waals surface area contributed by atoms with Gasteiger partial charge in [0.15, 0.2) is 11.5 Å². The largest absolute Gasteiger partial charge is 0.490 e. The third kappa shape index (κ3) is 2.89. The highest BCUT2D eigenvalue weighted by Gasteiger charge is 2.12. The van der Waals surface area contributed by atoms with Gasteiger partial charge >= 0.3 is 0 Å². The maximum Gasteiger partial charge on any atom is 0.162 e. The highest BCUT2D eigenvalue weighted by atomic mass is 32.2. The van der Waals surface area contributed by atoms with Crippen LogP contribution in [0.25, 0.3) is 0 Å². The molecule has 0 saturated carbocycles. The van der Waals surface area contributed by atoms with Crippen LogP contribution in [0.1, 0.15) is 12.0 Å². The molecule has 0 saturated heterocycles. The van der Waals surface area contributed by atoms with Gasteiger partial charge in [-0.25, -0.2) is 0 Å². The van der Waals surface area contributed by atoms with Crippen LogP contribution in [0.5, 0.6) is 11.5 Å². The lowest BCUT2D eigenvalue weighted by molar-refractivity contribution is 0.297. The van der Waals surface area contributed by atoms with Gasteiger partial charge in [0.25, 0.3) is 0 Å². The van der Waals surface area contributed by atoms with E-state index in [1.807, 2.05) is 30.5 Å². The fraction of sp³-hybridized carbons (Fsp3) is 0.267. The highest BCUT2D eigenvalue weighted by Crippen LogP contribution is 2.37. The average molecular weight is 288 g/mol. The number of nitrogens with two attached hydrogens (primary N) is 1. The lowest BCUT2D eigenvalue weighted by Crippen LogP contribution is -1.98. The second kappa shape index (κ2) is 6.15. The lowest BCUT2D eigenvalue weighted by Gasteiger charge is -2.10. The van der Waals surface area contributed by atoms with Gasteiger partial charge in [-0.15, -0.1) is 0 Å². The van der Waals surface area contributed by atoms with Crippen LogP contribution in [0.4, 0.5) is 0 Å². The molecule has 2 N–H and O–H groups in total. The van der Waals surface area contributed by atoms with Crippen LogP contribution in [0.3, 0.4) is 0 Å². The van der Waals surface area contributed by atoms with Gasteiger partial charge in [0, 0.05) is 35.2 Å². The van der Waals surface area contributed by atoms with Gasteiger partial charge in [0.2, 0.25) is 0 Å². The van der Waals surface area contributed by atoms with Crippen molar-refractivity contribution in [1.29, 1.82) is 0 Å². The molecule has 104 valence electrons. The van der Waals surface area contributed by atoms with E-state index >= 15 is 0 Å². The predicted octanol–water partition coefficient (Wildman–Crippen LogP) is 2.85. The van der Waals surface area contributed by atoms with E-state index in [1.165, 1.54) is 0 Å². The molecule has 1 aromatic heterocycles. The van der Waals surface area contributed by atoms with Crippen molar-refractivity contribution in [2.75, 3.05) is 13.2 Å². The van der Waals surface area contributed by atoms with Gasteiger partial charge < -0.3 is 15.2 Å². The molecule has 0 radical (unpaired) electrons. The molecule has 5 heteroatoms. The Balaban J connectivity index is 1.86. The lowest BCUT2D eigenvalue weighted by atomic mass is 10.3. The van der Waals surface area contributed by atoms with E-state index in [4.69, 9.17) is 15.2 Å². The zero-order valence-electron chi connectivity index (χ0n) is 11.0. The first-order valence-corrected chi connectivity index (χ1v) is 7.39. The molecule has 1 aliphatic heterocycles. The van der Waals surface area contributed by atoms with Crippen molar-refractivity contribution >= 4 is 11.8 Å². The standard InChI is InChI=1S/C15H16N2O2S/c16-9-11-4-5-17-10-15(11)20-12-2-3-13-14(8-12)19-7-1-6-18-13/h2-5,8,10H,1,6-7,9,16H2. The highest BCUT2D eigenvalue weighted by molar-refractivity contribution is 7.99. The molecule has 0 unspecified atom stereocenters. The molecule has 1 aromatic carbocycles. The van der Waals surface area contributed by atoms with E-state index in [0.29, 0.717) is 19.8 Å². The Bertz CT molecular complexity index is 604. The van der Waals surface area contributed by atoms with E-state index in [-0.39, 0.29) is 0 Å². The summed E-state index contributed by atoms with van der Waals surface area (Å²) in [5.74, 6) is 1.63. The molecule has 0 aliphatic carbocycles. The summed E-state index contributed by atoms with van der Waals surface area (Å²) in [7, 11) is 0. The van der Waals surface area contributed by atoms with Gasteiger partial charge in [-0.1, -0.05) is 11.8 Å². The zero-order chi connectivity index (χ0) is 13.8. The summed E-state index contributed by atoms with van der Waals surface area (Å²) in [5, 5.41) is 0. The first-order chi connectivity index (χ1) is 9.86. The molecule has 0 spiro atoms. The summed E-state index contributed by atoms with van der Waals surface area (Å²) < 4.78 is 11.3. The minimum atomic E-state index is 0.509. The molecule has 4 nitrogen and oxygen atoms in total. The summed E-state index contributed by atoms with van der Waals surface area (Å²) in [6, 6.07) is 7.96. The van der Waals surface area contributed by atoms with E-state index in [0.717, 1.165) is 33.3 Å². The topological polar surface area (TPSA) is 57.4 Å². The number of nitrogens with zero attached hydrogens (tertiary/aromatic N) is 1. The Hall–Kier alpha value is -1.72. The van der Waals surface area contributed by atoms with Crippen molar-refractivity contribution in [1.82, 2.24) is 4.98 Å². The SMILES string of the molecule is NCc1ccncc1Sc1ccc2c(c1)OCCCO2. The fourth-order valence-corrected chi connectivity index (χ4v) is 2.96. The fourth-order valence-electron chi connectivity index (χ4n) is 2.00. The quantitative estimate of drug-likeness (QED) is 0.941. The third-order valence-corrected chi connectivity index (χ3v) is 4.11. The van der Waals surface area contributed by atoms with E-state index in [1.54, 1.807) is 18.0 Å². The Morgan fingerprint density at radius 3 is 2.85 bits per heavy atom. The molecule has 20 heavy (non-hydrogen) atoms. The van der Waals surface area contributed by atoms with Crippen molar-refractivity contribution in [3.05, 3.63) is 42.2 Å². The molecular formula is C15H16N2O2S. The number of aromatic nitrogens is 1. The van der Waals surface area contributed by atoms with Crippen LogP contribution in [0.2, 0.25) is 0 Å². The molecular weight excluding hydrogens is 272 g/mol. The summed E-state index contributed by atoms with van der Waals surface area (Å²) >= 11 is 1.64. The summed E-state index contributed by atoms with van der Waals surface area (Å²) in [6.45, 7) is 1.91. The molecule has 0 atom stereocenters. The zero-order valence-corrected chi connectivity index (χ0v) is 11.9. The van der Waals surface area contributed by atoms with Gasteiger partial charge in [-0.3, -0.25) is 4.98 Å².